The Balaban J connectivity index is 2.28. The Labute approximate surface area is 115 Å². The molecule has 0 aliphatic heterocycles. The zero-order valence-corrected chi connectivity index (χ0v) is 11.4. The summed E-state index contributed by atoms with van der Waals surface area (Å²) in [4.78, 5) is 10.1. The van der Waals surface area contributed by atoms with Gasteiger partial charge in [-0.25, -0.2) is 8.42 Å². The molecule has 0 unspecified atom stereocenters. The molecule has 9 heteroatoms. The predicted octanol–water partition coefficient (Wildman–Crippen LogP) is 1.61. The maximum absolute atomic E-state index is 12.1. The third-order valence-corrected chi connectivity index (χ3v) is 3.89. The smallest absolute Gasteiger partial charge is 0.271 e. The molecule has 1 aromatic carbocycles. The number of hydrogen-bond donors (Lipinski definition) is 1. The van der Waals surface area contributed by atoms with Gasteiger partial charge in [0.25, 0.3) is 15.7 Å². The summed E-state index contributed by atoms with van der Waals surface area (Å²) in [6, 6.07) is 5.29. The summed E-state index contributed by atoms with van der Waals surface area (Å²) >= 11 is 0. The van der Waals surface area contributed by atoms with Crippen molar-refractivity contribution in [2.75, 3.05) is 4.72 Å². The first-order chi connectivity index (χ1) is 9.42. The zero-order valence-electron chi connectivity index (χ0n) is 10.6. The highest BCUT2D eigenvalue weighted by Crippen LogP contribution is 2.20. The van der Waals surface area contributed by atoms with E-state index in [-0.39, 0.29) is 16.3 Å². The van der Waals surface area contributed by atoms with Gasteiger partial charge in [-0.2, -0.15) is 5.10 Å². The van der Waals surface area contributed by atoms with Gasteiger partial charge in [-0.15, -0.1) is 0 Å². The molecule has 8 nitrogen and oxygen atoms in total. The molecule has 20 heavy (non-hydrogen) atoms. The SMILES string of the molecule is CCn1cc(S(=O)(=O)Nc2cccc([N+](=O)[O-])c2)cn1. The van der Waals surface area contributed by atoms with Gasteiger partial charge >= 0.3 is 0 Å². The monoisotopic (exact) mass is 296 g/mol. The van der Waals surface area contributed by atoms with Crippen LogP contribution in [0.25, 0.3) is 0 Å². The quantitative estimate of drug-likeness (QED) is 0.666. The fourth-order valence-corrected chi connectivity index (χ4v) is 2.55. The van der Waals surface area contributed by atoms with Gasteiger partial charge in [0.05, 0.1) is 16.8 Å². The summed E-state index contributed by atoms with van der Waals surface area (Å²) in [5.41, 5.74) is -0.0575. The summed E-state index contributed by atoms with van der Waals surface area (Å²) in [5.74, 6) is 0. The van der Waals surface area contributed by atoms with Crippen molar-refractivity contribution in [2.24, 2.45) is 0 Å². The standard InChI is InChI=1S/C11H12N4O4S/c1-2-14-8-11(7-12-14)20(18,19)13-9-4-3-5-10(6-9)15(16)17/h3-8,13H,2H2,1H3. The van der Waals surface area contributed by atoms with E-state index >= 15 is 0 Å². The van der Waals surface area contributed by atoms with Gasteiger partial charge in [0.15, 0.2) is 0 Å². The van der Waals surface area contributed by atoms with Crippen molar-refractivity contribution in [2.45, 2.75) is 18.4 Å². The predicted molar refractivity (Wildman–Crippen MR) is 71.8 cm³/mol. The Hall–Kier alpha value is -2.42. The summed E-state index contributed by atoms with van der Waals surface area (Å²) in [7, 11) is -3.80. The van der Waals surface area contributed by atoms with Crippen LogP contribution in [0.5, 0.6) is 0 Å². The molecule has 0 aliphatic rings. The van der Waals surface area contributed by atoms with Gasteiger partial charge in [0.1, 0.15) is 4.90 Å². The van der Waals surface area contributed by atoms with Crippen molar-refractivity contribution in [1.29, 1.82) is 0 Å². The Kier molecular flexibility index (Phi) is 3.70. The third kappa shape index (κ3) is 2.94. The van der Waals surface area contributed by atoms with Crippen molar-refractivity contribution in [1.82, 2.24) is 9.78 Å². The average molecular weight is 296 g/mol. The topological polar surface area (TPSA) is 107 Å². The minimum Gasteiger partial charge on any atom is -0.279 e. The van der Waals surface area contributed by atoms with Crippen molar-refractivity contribution in [3.63, 3.8) is 0 Å². The molecule has 0 atom stereocenters. The van der Waals surface area contributed by atoms with Crippen LogP contribution < -0.4 is 4.72 Å². The number of sulfonamides is 1. The van der Waals surface area contributed by atoms with E-state index in [2.05, 4.69) is 9.82 Å². The Morgan fingerprint density at radius 3 is 2.80 bits per heavy atom. The molecule has 106 valence electrons. The summed E-state index contributed by atoms with van der Waals surface area (Å²) in [6.45, 7) is 2.38. The number of hydrogen-bond acceptors (Lipinski definition) is 5. The van der Waals surface area contributed by atoms with E-state index in [0.717, 1.165) is 6.07 Å². The molecule has 0 aliphatic carbocycles. The number of nitro groups is 1. The van der Waals surface area contributed by atoms with Crippen LogP contribution in [0.3, 0.4) is 0 Å². The highest BCUT2D eigenvalue weighted by atomic mass is 32.2. The molecule has 0 fully saturated rings. The molecule has 0 amide bonds. The first-order valence-corrected chi connectivity index (χ1v) is 7.20. The largest absolute Gasteiger partial charge is 0.279 e. The molecule has 1 aromatic heterocycles. The van der Waals surface area contributed by atoms with E-state index in [0.29, 0.717) is 6.54 Å². The van der Waals surface area contributed by atoms with Crippen LogP contribution in [0.4, 0.5) is 11.4 Å². The lowest BCUT2D eigenvalue weighted by atomic mass is 10.3. The zero-order chi connectivity index (χ0) is 14.8. The molecule has 0 bridgehead atoms. The number of benzene rings is 1. The lowest BCUT2D eigenvalue weighted by molar-refractivity contribution is -0.384. The third-order valence-electron chi connectivity index (χ3n) is 2.55. The van der Waals surface area contributed by atoms with Crippen molar-refractivity contribution in [3.05, 3.63) is 46.8 Å². The lowest BCUT2D eigenvalue weighted by Crippen LogP contribution is -2.12. The van der Waals surface area contributed by atoms with Crippen molar-refractivity contribution < 1.29 is 13.3 Å². The van der Waals surface area contributed by atoms with Gasteiger partial charge < -0.3 is 0 Å². The number of aryl methyl sites for hydroxylation is 1. The number of nitro benzene ring substituents is 1. The van der Waals surface area contributed by atoms with Crippen LogP contribution in [0.15, 0.2) is 41.6 Å². The van der Waals surface area contributed by atoms with Gasteiger partial charge in [0.2, 0.25) is 0 Å². The highest BCUT2D eigenvalue weighted by molar-refractivity contribution is 7.92. The minimum atomic E-state index is -3.80. The van der Waals surface area contributed by atoms with E-state index in [1.165, 1.54) is 35.3 Å². The molecule has 1 N–H and O–H groups in total. The van der Waals surface area contributed by atoms with Crippen molar-refractivity contribution >= 4 is 21.4 Å². The molecule has 2 rings (SSSR count). The van der Waals surface area contributed by atoms with Crippen LogP contribution in [-0.4, -0.2) is 23.1 Å². The maximum Gasteiger partial charge on any atom is 0.271 e. The molecular weight excluding hydrogens is 284 g/mol. The van der Waals surface area contributed by atoms with Crippen LogP contribution in [-0.2, 0) is 16.6 Å². The number of non-ortho nitro benzene ring substituents is 1. The summed E-state index contributed by atoms with van der Waals surface area (Å²) in [5, 5.41) is 14.5. The van der Waals surface area contributed by atoms with E-state index in [4.69, 9.17) is 0 Å². The molecule has 0 saturated heterocycles. The molecule has 1 heterocycles. The first kappa shape index (κ1) is 14.0. The number of aromatic nitrogens is 2. The Morgan fingerprint density at radius 2 is 2.20 bits per heavy atom. The number of nitrogens with one attached hydrogen (secondary N) is 1. The second-order valence-electron chi connectivity index (χ2n) is 3.94. The highest BCUT2D eigenvalue weighted by Gasteiger charge is 2.17. The fourth-order valence-electron chi connectivity index (χ4n) is 1.55. The molecule has 0 spiro atoms. The summed E-state index contributed by atoms with van der Waals surface area (Å²) in [6.07, 6.45) is 2.61. The van der Waals surface area contributed by atoms with Crippen molar-refractivity contribution in [3.8, 4) is 0 Å². The van der Waals surface area contributed by atoms with Gasteiger partial charge in [0, 0.05) is 24.9 Å². The molecule has 0 radical (unpaired) electrons. The normalized spacial score (nSPS) is 11.2. The number of nitrogens with zero attached hydrogens (tertiary/aromatic N) is 3. The van der Waals surface area contributed by atoms with E-state index in [9.17, 15) is 18.5 Å². The number of anilines is 1. The lowest BCUT2D eigenvalue weighted by Gasteiger charge is -2.05. The molecule has 0 saturated carbocycles. The second-order valence-corrected chi connectivity index (χ2v) is 5.63. The first-order valence-electron chi connectivity index (χ1n) is 5.72. The minimum absolute atomic E-state index is 0.00542. The van der Waals surface area contributed by atoms with E-state index in [1.54, 1.807) is 0 Å². The van der Waals surface area contributed by atoms with Crippen LogP contribution >= 0.6 is 0 Å². The number of rotatable bonds is 5. The Bertz CT molecular complexity index is 738. The van der Waals surface area contributed by atoms with Gasteiger partial charge in [-0.05, 0) is 13.0 Å². The molecular formula is C11H12N4O4S. The van der Waals surface area contributed by atoms with Crippen LogP contribution in [0.2, 0.25) is 0 Å². The van der Waals surface area contributed by atoms with Crippen LogP contribution in [0, 0.1) is 10.1 Å². The van der Waals surface area contributed by atoms with E-state index in [1.807, 2.05) is 6.92 Å². The summed E-state index contributed by atoms with van der Waals surface area (Å²) < 4.78 is 27.9. The fraction of sp³-hybridized carbons (Fsp3) is 0.182. The van der Waals surface area contributed by atoms with Crippen LogP contribution in [0.1, 0.15) is 6.92 Å². The second kappa shape index (κ2) is 5.29. The molecule has 2 aromatic rings. The van der Waals surface area contributed by atoms with E-state index < -0.39 is 14.9 Å². The van der Waals surface area contributed by atoms with Gasteiger partial charge in [-0.3, -0.25) is 19.5 Å². The average Bonchev–Trinajstić information content (AvgIpc) is 2.88. The maximum atomic E-state index is 12.1. The van der Waals surface area contributed by atoms with Gasteiger partial charge in [-0.1, -0.05) is 6.07 Å². The Morgan fingerprint density at radius 1 is 1.45 bits per heavy atom.